The van der Waals surface area contributed by atoms with Gasteiger partial charge in [-0.1, -0.05) is 42.0 Å². The van der Waals surface area contributed by atoms with Crippen molar-refractivity contribution in [1.82, 2.24) is 5.32 Å². The fourth-order valence-corrected chi connectivity index (χ4v) is 3.04. The van der Waals surface area contributed by atoms with Gasteiger partial charge in [0, 0.05) is 11.0 Å². The zero-order chi connectivity index (χ0) is 17.2. The topological polar surface area (TPSA) is 58.2 Å². The number of benzene rings is 2. The molecule has 2 aromatic rings. The molecule has 0 unspecified atom stereocenters. The van der Waals surface area contributed by atoms with E-state index >= 15 is 0 Å². The highest BCUT2D eigenvalue weighted by molar-refractivity contribution is 9.10. The predicted molar refractivity (Wildman–Crippen MR) is 97.5 cm³/mol. The summed E-state index contributed by atoms with van der Waals surface area (Å²) in [6.45, 7) is 2.45. The van der Waals surface area contributed by atoms with Gasteiger partial charge in [-0.2, -0.15) is 0 Å². The molecule has 1 fully saturated rings. The second-order valence-corrected chi connectivity index (χ2v) is 7.04. The van der Waals surface area contributed by atoms with Crippen molar-refractivity contribution in [3.05, 3.63) is 64.1 Å². The lowest BCUT2D eigenvalue weighted by molar-refractivity contribution is -0.134. The van der Waals surface area contributed by atoms with Gasteiger partial charge in [0.15, 0.2) is 0 Å². The lowest BCUT2D eigenvalue weighted by Gasteiger charge is -2.16. The van der Waals surface area contributed by atoms with Crippen LogP contribution in [0.5, 0.6) is 0 Å². The minimum absolute atomic E-state index is 0.200. The van der Waals surface area contributed by atoms with E-state index in [1.165, 1.54) is 0 Å². The lowest BCUT2D eigenvalue weighted by Crippen LogP contribution is -2.39. The number of halogens is 1. The Balaban J connectivity index is 1.63. The molecule has 1 aliphatic carbocycles. The quantitative estimate of drug-likeness (QED) is 0.767. The number of aryl methyl sites for hydroxylation is 1. The third kappa shape index (κ3) is 3.51. The van der Waals surface area contributed by atoms with E-state index in [-0.39, 0.29) is 11.8 Å². The van der Waals surface area contributed by atoms with Crippen molar-refractivity contribution < 1.29 is 9.59 Å². The Labute approximate surface area is 149 Å². The average Bonchev–Trinajstić information content (AvgIpc) is 3.37. The second-order valence-electron chi connectivity index (χ2n) is 6.19. The number of para-hydroxylation sites is 1. The van der Waals surface area contributed by atoms with Crippen LogP contribution in [-0.2, 0) is 16.1 Å². The summed E-state index contributed by atoms with van der Waals surface area (Å²) in [4.78, 5) is 25.1. The maximum atomic E-state index is 12.6. The van der Waals surface area contributed by atoms with E-state index in [1.807, 2.05) is 55.5 Å². The molecule has 5 heteroatoms. The molecule has 4 nitrogen and oxygen atoms in total. The van der Waals surface area contributed by atoms with Gasteiger partial charge in [-0.15, -0.1) is 0 Å². The van der Waals surface area contributed by atoms with Crippen LogP contribution >= 0.6 is 15.9 Å². The maximum absolute atomic E-state index is 12.6. The number of nitrogens with one attached hydrogen (secondary N) is 2. The summed E-state index contributed by atoms with van der Waals surface area (Å²) in [6.07, 6.45) is 1.17. The Morgan fingerprint density at radius 3 is 2.50 bits per heavy atom. The minimum Gasteiger partial charge on any atom is -0.351 e. The summed E-state index contributed by atoms with van der Waals surface area (Å²) >= 11 is 3.40. The molecule has 0 saturated heterocycles. The molecule has 0 radical (unpaired) electrons. The van der Waals surface area contributed by atoms with Crippen LogP contribution in [0.25, 0.3) is 0 Å². The Bertz CT molecular complexity index is 784. The van der Waals surface area contributed by atoms with Gasteiger partial charge in [0.05, 0.1) is 5.69 Å². The molecule has 1 aliphatic rings. The third-order valence-electron chi connectivity index (χ3n) is 4.28. The normalized spacial score (nSPS) is 14.8. The van der Waals surface area contributed by atoms with E-state index in [2.05, 4.69) is 26.6 Å². The fraction of sp³-hybridized carbons (Fsp3) is 0.263. The van der Waals surface area contributed by atoms with Gasteiger partial charge < -0.3 is 10.6 Å². The Morgan fingerprint density at radius 1 is 1.08 bits per heavy atom. The summed E-state index contributed by atoms with van der Waals surface area (Å²) < 4.78 is 0.800. The number of hydrogen-bond donors (Lipinski definition) is 2. The van der Waals surface area contributed by atoms with Gasteiger partial charge in [-0.25, -0.2) is 0 Å². The fourth-order valence-electron chi connectivity index (χ4n) is 2.66. The summed E-state index contributed by atoms with van der Waals surface area (Å²) in [6, 6.07) is 15.4. The number of hydrogen-bond acceptors (Lipinski definition) is 2. The smallest absolute Gasteiger partial charge is 0.240 e. The zero-order valence-corrected chi connectivity index (χ0v) is 15.0. The molecule has 0 aromatic heterocycles. The first-order valence-corrected chi connectivity index (χ1v) is 8.70. The molecule has 1 saturated carbocycles. The number of anilines is 1. The van der Waals surface area contributed by atoms with Crippen molar-refractivity contribution in [3.8, 4) is 0 Å². The Morgan fingerprint density at radius 2 is 1.83 bits per heavy atom. The largest absolute Gasteiger partial charge is 0.351 e. The number of carbonyl (C=O) groups excluding carboxylic acids is 2. The second kappa shape index (κ2) is 6.77. The molecule has 124 valence electrons. The van der Waals surface area contributed by atoms with E-state index in [4.69, 9.17) is 0 Å². The first kappa shape index (κ1) is 16.7. The van der Waals surface area contributed by atoms with E-state index in [1.54, 1.807) is 0 Å². The maximum Gasteiger partial charge on any atom is 0.240 e. The van der Waals surface area contributed by atoms with Gasteiger partial charge in [0.1, 0.15) is 5.41 Å². The Hall–Kier alpha value is -2.14. The van der Waals surface area contributed by atoms with Crippen molar-refractivity contribution >= 4 is 33.4 Å². The summed E-state index contributed by atoms with van der Waals surface area (Å²) in [5.41, 5.74) is 1.93. The number of rotatable bonds is 5. The molecule has 0 heterocycles. The first-order chi connectivity index (χ1) is 11.5. The first-order valence-electron chi connectivity index (χ1n) is 7.91. The molecule has 2 aromatic carbocycles. The average molecular weight is 387 g/mol. The molecular weight excluding hydrogens is 368 g/mol. The van der Waals surface area contributed by atoms with E-state index < -0.39 is 5.41 Å². The Kier molecular flexibility index (Phi) is 4.71. The van der Waals surface area contributed by atoms with Crippen LogP contribution in [0, 0.1) is 12.3 Å². The molecule has 24 heavy (non-hydrogen) atoms. The summed E-state index contributed by atoms with van der Waals surface area (Å²) in [5, 5.41) is 5.75. The number of carbonyl (C=O) groups is 2. The lowest BCUT2D eigenvalue weighted by atomic mass is 10.0. The standard InChI is InChI=1S/C19H19BrN2O2/c1-13-5-4-6-14(11-13)12-21-17(23)19(9-10-19)18(24)22-16-8-3-2-7-15(16)20/h2-8,11H,9-10,12H2,1H3,(H,21,23)(H,22,24). The van der Waals surface area contributed by atoms with Crippen LogP contribution in [0.3, 0.4) is 0 Å². The summed E-state index contributed by atoms with van der Waals surface area (Å²) in [5.74, 6) is -0.440. The van der Waals surface area contributed by atoms with Crippen molar-refractivity contribution in [3.63, 3.8) is 0 Å². The highest BCUT2D eigenvalue weighted by atomic mass is 79.9. The molecule has 0 aliphatic heterocycles. The molecular formula is C19H19BrN2O2. The zero-order valence-electron chi connectivity index (χ0n) is 13.4. The van der Waals surface area contributed by atoms with Gasteiger partial charge in [-0.05, 0) is 53.4 Å². The molecule has 0 atom stereocenters. The molecule has 3 rings (SSSR count). The highest BCUT2D eigenvalue weighted by Crippen LogP contribution is 2.47. The molecule has 2 N–H and O–H groups in total. The minimum atomic E-state index is -0.931. The van der Waals surface area contributed by atoms with Crippen LogP contribution < -0.4 is 10.6 Å². The van der Waals surface area contributed by atoms with Crippen LogP contribution in [0.1, 0.15) is 24.0 Å². The van der Waals surface area contributed by atoms with Crippen LogP contribution in [-0.4, -0.2) is 11.8 Å². The molecule has 2 amide bonds. The summed E-state index contributed by atoms with van der Waals surface area (Å²) in [7, 11) is 0. The van der Waals surface area contributed by atoms with E-state index in [0.717, 1.165) is 15.6 Å². The molecule has 0 spiro atoms. The number of amides is 2. The van der Waals surface area contributed by atoms with Crippen LogP contribution in [0.4, 0.5) is 5.69 Å². The van der Waals surface area contributed by atoms with Gasteiger partial charge in [0.2, 0.25) is 11.8 Å². The monoisotopic (exact) mass is 386 g/mol. The van der Waals surface area contributed by atoms with Crippen molar-refractivity contribution in [1.29, 1.82) is 0 Å². The van der Waals surface area contributed by atoms with Gasteiger partial charge in [-0.3, -0.25) is 9.59 Å². The van der Waals surface area contributed by atoms with E-state index in [9.17, 15) is 9.59 Å². The van der Waals surface area contributed by atoms with E-state index in [0.29, 0.717) is 25.1 Å². The van der Waals surface area contributed by atoms with Gasteiger partial charge in [0.25, 0.3) is 0 Å². The third-order valence-corrected chi connectivity index (χ3v) is 4.97. The SMILES string of the molecule is Cc1cccc(CNC(=O)C2(C(=O)Nc3ccccc3Br)CC2)c1. The van der Waals surface area contributed by atoms with Crippen LogP contribution in [0.15, 0.2) is 53.0 Å². The van der Waals surface area contributed by atoms with Crippen LogP contribution in [0.2, 0.25) is 0 Å². The van der Waals surface area contributed by atoms with Crippen molar-refractivity contribution in [2.24, 2.45) is 5.41 Å². The molecule has 0 bridgehead atoms. The predicted octanol–water partition coefficient (Wildman–Crippen LogP) is 3.79. The van der Waals surface area contributed by atoms with Gasteiger partial charge >= 0.3 is 0 Å². The highest BCUT2D eigenvalue weighted by Gasteiger charge is 2.56. The van der Waals surface area contributed by atoms with Crippen molar-refractivity contribution in [2.45, 2.75) is 26.3 Å². The van der Waals surface area contributed by atoms with Crippen molar-refractivity contribution in [2.75, 3.05) is 5.32 Å².